The van der Waals surface area contributed by atoms with E-state index in [1.165, 1.54) is 46.6 Å². The maximum absolute atomic E-state index is 3.63. The second-order valence-corrected chi connectivity index (χ2v) is 8.95. The Kier molecular flexibility index (Phi) is 3.54. The third-order valence-corrected chi connectivity index (χ3v) is 7.26. The van der Waals surface area contributed by atoms with Gasteiger partial charge in [-0.3, -0.25) is 0 Å². The lowest BCUT2D eigenvalue weighted by Crippen LogP contribution is -1.98. The van der Waals surface area contributed by atoms with Gasteiger partial charge in [0.15, 0.2) is 0 Å². The van der Waals surface area contributed by atoms with E-state index in [1.54, 1.807) is 0 Å². The Hall–Kier alpha value is -3.08. The topological polar surface area (TPSA) is 20.7 Å². The van der Waals surface area contributed by atoms with Crippen LogP contribution in [0.5, 0.6) is 0 Å². The molecule has 0 fully saturated rings. The van der Waals surface area contributed by atoms with Gasteiger partial charge >= 0.3 is 0 Å². The molecule has 2 nitrogen and oxygen atoms in total. The quantitative estimate of drug-likeness (QED) is 0.275. The van der Waals surface area contributed by atoms with Gasteiger partial charge in [-0.05, 0) is 48.5 Å². The van der Waals surface area contributed by atoms with Crippen molar-refractivity contribution in [3.63, 3.8) is 0 Å². The molecule has 134 valence electrons. The molecular formula is C24H16N2S2. The Morgan fingerprint density at radius 2 is 1.25 bits per heavy atom. The minimum Gasteiger partial charge on any atom is -0.353 e. The Morgan fingerprint density at radius 3 is 2.14 bits per heavy atom. The first-order valence-electron chi connectivity index (χ1n) is 9.21. The molecule has 0 saturated carbocycles. The van der Waals surface area contributed by atoms with Gasteiger partial charge in [-0.2, -0.15) is 0 Å². The number of hydrogen-bond donors (Lipinski definition) is 1. The zero-order chi connectivity index (χ0) is 18.5. The number of para-hydroxylation sites is 3. The van der Waals surface area contributed by atoms with Crippen LogP contribution < -0.4 is 0 Å². The SMILES string of the molecule is c1ccc(-n2c3ccccc3sc3cc4sc5ccccc5[nH]c4cc32)cc1. The molecule has 0 bridgehead atoms. The molecule has 2 aromatic heterocycles. The number of rotatable bonds is 1. The van der Waals surface area contributed by atoms with Gasteiger partial charge in [-0.25, -0.2) is 0 Å². The van der Waals surface area contributed by atoms with Crippen molar-refractivity contribution in [2.45, 2.75) is 0 Å². The summed E-state index contributed by atoms with van der Waals surface area (Å²) in [5.41, 5.74) is 5.98. The molecule has 28 heavy (non-hydrogen) atoms. The van der Waals surface area contributed by atoms with Crippen molar-refractivity contribution in [2.24, 2.45) is 0 Å². The summed E-state index contributed by atoms with van der Waals surface area (Å²) < 4.78 is 7.49. The summed E-state index contributed by atoms with van der Waals surface area (Å²) in [6.07, 6.45) is 0. The smallest absolute Gasteiger partial charge is 0.0656 e. The second kappa shape index (κ2) is 6.23. The van der Waals surface area contributed by atoms with E-state index in [1.807, 2.05) is 22.7 Å². The molecule has 4 heteroatoms. The van der Waals surface area contributed by atoms with Crippen molar-refractivity contribution >= 4 is 63.5 Å². The molecule has 2 heterocycles. The van der Waals surface area contributed by atoms with E-state index in [9.17, 15) is 0 Å². The highest BCUT2D eigenvalue weighted by molar-refractivity contribution is 7.26. The first kappa shape index (κ1) is 15.9. The Balaban J connectivity index is 1.81. The third-order valence-electron chi connectivity index (χ3n) is 5.02. The van der Waals surface area contributed by atoms with E-state index in [-0.39, 0.29) is 0 Å². The van der Waals surface area contributed by atoms with Crippen molar-refractivity contribution in [3.8, 4) is 5.69 Å². The maximum atomic E-state index is 3.63. The number of aromatic amines is 1. The first-order chi connectivity index (χ1) is 13.9. The number of H-pyrrole nitrogens is 1. The van der Waals surface area contributed by atoms with Crippen LogP contribution in [0.25, 0.3) is 46.6 Å². The van der Waals surface area contributed by atoms with Gasteiger partial charge in [0.05, 0.1) is 40.9 Å². The number of nitrogens with one attached hydrogen (secondary N) is 1. The Bertz CT molecular complexity index is 1510. The lowest BCUT2D eigenvalue weighted by atomic mass is 10.2. The molecule has 0 aliphatic carbocycles. The van der Waals surface area contributed by atoms with E-state index in [2.05, 4.69) is 101 Å². The number of fused-ring (bicyclic) bond motifs is 4. The van der Waals surface area contributed by atoms with E-state index in [0.29, 0.717) is 0 Å². The summed E-state index contributed by atoms with van der Waals surface area (Å²) in [4.78, 5) is 3.63. The number of nitrogens with zero attached hydrogens (tertiary/aromatic N) is 1. The van der Waals surface area contributed by atoms with Crippen LogP contribution in [-0.4, -0.2) is 9.55 Å². The molecule has 0 radical (unpaired) electrons. The van der Waals surface area contributed by atoms with Crippen LogP contribution in [0, 0.1) is 0 Å². The van der Waals surface area contributed by atoms with Crippen LogP contribution in [0.4, 0.5) is 0 Å². The van der Waals surface area contributed by atoms with Crippen molar-refractivity contribution in [3.05, 3.63) is 91.0 Å². The van der Waals surface area contributed by atoms with E-state index >= 15 is 0 Å². The van der Waals surface area contributed by atoms with Gasteiger partial charge in [0.25, 0.3) is 0 Å². The molecular weight excluding hydrogens is 380 g/mol. The third kappa shape index (κ3) is 2.46. The minimum absolute atomic E-state index is 1.17. The van der Waals surface area contributed by atoms with Crippen molar-refractivity contribution in [2.75, 3.05) is 0 Å². The average Bonchev–Trinajstić information content (AvgIpc) is 2.75. The van der Waals surface area contributed by atoms with Crippen molar-refractivity contribution in [1.29, 1.82) is 0 Å². The van der Waals surface area contributed by atoms with Gasteiger partial charge in [0.2, 0.25) is 0 Å². The van der Waals surface area contributed by atoms with Crippen LogP contribution in [0.2, 0.25) is 0 Å². The number of hydrogen-bond acceptors (Lipinski definition) is 2. The molecule has 0 aliphatic heterocycles. The highest BCUT2D eigenvalue weighted by Gasteiger charge is 2.10. The summed E-state index contributed by atoms with van der Waals surface area (Å²) in [6.45, 7) is 0. The molecule has 0 unspecified atom stereocenters. The van der Waals surface area contributed by atoms with E-state index < -0.39 is 0 Å². The van der Waals surface area contributed by atoms with Crippen LogP contribution in [0.15, 0.2) is 91.0 Å². The average molecular weight is 397 g/mol. The standard InChI is InChI=1S/C24H16N2S2/c1-2-8-16(9-3-1)26-19-11-5-7-13-22(19)28-24-15-23-18(14-20(24)26)25-17-10-4-6-12-21(17)27-23/h1-15,25H. The predicted molar refractivity (Wildman–Crippen MR) is 124 cm³/mol. The number of benzene rings is 4. The fraction of sp³-hybridized carbons (Fsp3) is 0. The van der Waals surface area contributed by atoms with Crippen LogP contribution in [0.3, 0.4) is 0 Å². The minimum atomic E-state index is 1.17. The van der Waals surface area contributed by atoms with Gasteiger partial charge in [-0.1, -0.05) is 42.5 Å². The summed E-state index contributed by atoms with van der Waals surface area (Å²) in [5.74, 6) is 0. The van der Waals surface area contributed by atoms with Crippen molar-refractivity contribution in [1.82, 2.24) is 9.55 Å². The summed E-state index contributed by atoms with van der Waals surface area (Å²) in [5, 5.41) is 0. The molecule has 6 aromatic rings. The summed E-state index contributed by atoms with van der Waals surface area (Å²) >= 11 is 3.69. The molecule has 6 rings (SSSR count). The summed E-state index contributed by atoms with van der Waals surface area (Å²) in [7, 11) is 0. The highest BCUT2D eigenvalue weighted by atomic mass is 32.1. The molecule has 0 aliphatic rings. The van der Waals surface area contributed by atoms with Gasteiger partial charge < -0.3 is 9.55 Å². The van der Waals surface area contributed by atoms with Crippen LogP contribution in [-0.2, 0) is 0 Å². The second-order valence-electron chi connectivity index (χ2n) is 6.78. The monoisotopic (exact) mass is 396 g/mol. The first-order valence-corrected chi connectivity index (χ1v) is 10.8. The molecule has 0 amide bonds. The summed E-state index contributed by atoms with van der Waals surface area (Å²) in [6, 6.07) is 32.4. The van der Waals surface area contributed by atoms with Gasteiger partial charge in [-0.15, -0.1) is 22.7 Å². The molecule has 1 N–H and O–H groups in total. The Morgan fingerprint density at radius 1 is 0.536 bits per heavy atom. The lowest BCUT2D eigenvalue weighted by molar-refractivity contribution is 1.17. The van der Waals surface area contributed by atoms with E-state index in [0.717, 1.165) is 0 Å². The van der Waals surface area contributed by atoms with Crippen molar-refractivity contribution < 1.29 is 0 Å². The lowest BCUT2D eigenvalue weighted by Gasteiger charge is -2.16. The Labute approximate surface area is 169 Å². The molecule has 0 atom stereocenters. The molecule has 0 saturated heterocycles. The normalized spacial score (nSPS) is 11.6. The van der Waals surface area contributed by atoms with E-state index in [4.69, 9.17) is 0 Å². The zero-order valence-electron chi connectivity index (χ0n) is 14.9. The van der Waals surface area contributed by atoms with Crippen LogP contribution >= 0.6 is 22.7 Å². The van der Waals surface area contributed by atoms with Gasteiger partial charge in [0, 0.05) is 5.69 Å². The van der Waals surface area contributed by atoms with Crippen LogP contribution in [0.1, 0.15) is 0 Å². The fourth-order valence-electron chi connectivity index (χ4n) is 3.74. The zero-order valence-corrected chi connectivity index (χ0v) is 16.6. The highest BCUT2D eigenvalue weighted by Crippen LogP contribution is 2.35. The number of aromatic nitrogens is 2. The largest absolute Gasteiger partial charge is 0.353 e. The molecule has 0 spiro atoms. The maximum Gasteiger partial charge on any atom is 0.0656 e. The predicted octanol–water partition coefficient (Wildman–Crippen LogP) is 7.67. The fourth-order valence-corrected chi connectivity index (χ4v) is 5.91. The molecule has 4 aromatic carbocycles. The van der Waals surface area contributed by atoms with Gasteiger partial charge in [0.1, 0.15) is 0 Å².